The van der Waals surface area contributed by atoms with E-state index in [1.807, 2.05) is 0 Å². The summed E-state index contributed by atoms with van der Waals surface area (Å²) in [6.07, 6.45) is 5.22. The fraction of sp³-hybridized carbons (Fsp3) is 0.583. The van der Waals surface area contributed by atoms with Gasteiger partial charge in [-0.3, -0.25) is 14.9 Å². The van der Waals surface area contributed by atoms with Gasteiger partial charge in [-0.1, -0.05) is 12.8 Å². The summed E-state index contributed by atoms with van der Waals surface area (Å²) in [5.74, 6) is 0.190. The van der Waals surface area contributed by atoms with Crippen LogP contribution in [0, 0.1) is 10.1 Å². The largest absolute Gasteiger partial charge is 0.351 e. The smallest absolute Gasteiger partial charge is 0.287 e. The lowest BCUT2D eigenvalue weighted by molar-refractivity contribution is -0.384. The van der Waals surface area contributed by atoms with E-state index in [0.29, 0.717) is 12.4 Å². The minimum Gasteiger partial charge on any atom is -0.351 e. The van der Waals surface area contributed by atoms with E-state index in [4.69, 9.17) is 11.6 Å². The van der Waals surface area contributed by atoms with Crippen molar-refractivity contribution in [1.82, 2.24) is 9.88 Å². The Morgan fingerprint density at radius 2 is 2.32 bits per heavy atom. The highest BCUT2D eigenvalue weighted by Gasteiger charge is 2.27. The molecule has 1 aromatic rings. The van der Waals surface area contributed by atoms with Crippen LogP contribution in [-0.4, -0.2) is 39.2 Å². The van der Waals surface area contributed by atoms with E-state index < -0.39 is 4.92 Å². The van der Waals surface area contributed by atoms with Crippen molar-refractivity contribution >= 4 is 23.2 Å². The van der Waals surface area contributed by atoms with Gasteiger partial charge in [-0.25, -0.2) is 0 Å². The van der Waals surface area contributed by atoms with Crippen LogP contribution in [0.5, 0.6) is 0 Å². The number of alkyl halides is 1. The van der Waals surface area contributed by atoms with E-state index in [1.165, 1.54) is 12.3 Å². The molecule has 1 unspecified atom stereocenters. The van der Waals surface area contributed by atoms with Crippen molar-refractivity contribution in [2.45, 2.75) is 31.7 Å². The fourth-order valence-electron chi connectivity index (χ4n) is 2.37. The van der Waals surface area contributed by atoms with Gasteiger partial charge in [-0.15, -0.1) is 11.6 Å². The number of nitrogens with zero attached hydrogens (tertiary/aromatic N) is 2. The average Bonchev–Trinajstić information content (AvgIpc) is 2.77. The molecule has 1 atom stereocenters. The monoisotopic (exact) mass is 285 g/mol. The van der Waals surface area contributed by atoms with E-state index in [9.17, 15) is 14.9 Å². The standard InChI is InChI=1S/C12H16ClN3O3/c13-7-9-4-2-1-3-5-15(9)12(17)11-6-10(8-14-11)16(18)19/h6,8-9,14H,1-5,7H2. The molecule has 0 aliphatic carbocycles. The lowest BCUT2D eigenvalue weighted by Crippen LogP contribution is -2.41. The Bertz CT molecular complexity index is 475. The van der Waals surface area contributed by atoms with Gasteiger partial charge in [0.1, 0.15) is 5.69 Å². The predicted molar refractivity (Wildman–Crippen MR) is 71.5 cm³/mol. The Morgan fingerprint density at radius 1 is 1.53 bits per heavy atom. The van der Waals surface area contributed by atoms with Crippen LogP contribution in [0.2, 0.25) is 0 Å². The minimum absolute atomic E-state index is 0.0130. The second-order valence-corrected chi connectivity index (χ2v) is 4.99. The van der Waals surface area contributed by atoms with Crippen molar-refractivity contribution in [3.63, 3.8) is 0 Å². The zero-order valence-corrected chi connectivity index (χ0v) is 11.2. The highest BCUT2D eigenvalue weighted by molar-refractivity contribution is 6.18. The molecule has 1 amide bonds. The number of carbonyl (C=O) groups excluding carboxylic acids is 1. The summed E-state index contributed by atoms with van der Waals surface area (Å²) in [6.45, 7) is 0.656. The maximum atomic E-state index is 12.4. The first-order valence-electron chi connectivity index (χ1n) is 6.33. The maximum absolute atomic E-state index is 12.4. The number of halogens is 1. The molecule has 1 N–H and O–H groups in total. The summed E-state index contributed by atoms with van der Waals surface area (Å²) in [7, 11) is 0. The molecule has 0 bridgehead atoms. The third-order valence-corrected chi connectivity index (χ3v) is 3.78. The number of aromatic amines is 1. The summed E-state index contributed by atoms with van der Waals surface area (Å²) in [5.41, 5.74) is 0.157. The Hall–Kier alpha value is -1.56. The molecular formula is C12H16ClN3O3. The van der Waals surface area contributed by atoms with Crippen LogP contribution in [0.25, 0.3) is 0 Å². The number of amides is 1. The third-order valence-electron chi connectivity index (χ3n) is 3.43. The molecule has 0 radical (unpaired) electrons. The van der Waals surface area contributed by atoms with Crippen molar-refractivity contribution < 1.29 is 9.72 Å². The van der Waals surface area contributed by atoms with Crippen LogP contribution in [0.4, 0.5) is 5.69 Å². The second-order valence-electron chi connectivity index (χ2n) is 4.68. The highest BCUT2D eigenvalue weighted by Crippen LogP contribution is 2.21. The molecule has 2 heterocycles. The predicted octanol–water partition coefficient (Wildman–Crippen LogP) is 2.55. The first kappa shape index (κ1) is 13.9. The molecule has 0 saturated carbocycles. The van der Waals surface area contributed by atoms with Gasteiger partial charge >= 0.3 is 0 Å². The molecule has 7 heteroatoms. The molecule has 1 aliphatic heterocycles. The van der Waals surface area contributed by atoms with Crippen LogP contribution in [-0.2, 0) is 0 Å². The van der Waals surface area contributed by atoms with Crippen molar-refractivity contribution in [2.75, 3.05) is 12.4 Å². The average molecular weight is 286 g/mol. The van der Waals surface area contributed by atoms with Crippen LogP contribution in [0.15, 0.2) is 12.3 Å². The Kier molecular flexibility index (Phi) is 4.42. The van der Waals surface area contributed by atoms with Crippen LogP contribution < -0.4 is 0 Å². The Labute approximate surface area is 115 Å². The van der Waals surface area contributed by atoms with Crippen LogP contribution in [0.3, 0.4) is 0 Å². The first-order valence-corrected chi connectivity index (χ1v) is 6.86. The zero-order chi connectivity index (χ0) is 13.8. The normalized spacial score (nSPS) is 20.1. The second kappa shape index (κ2) is 6.06. The highest BCUT2D eigenvalue weighted by atomic mass is 35.5. The van der Waals surface area contributed by atoms with Gasteiger partial charge in [0.25, 0.3) is 11.6 Å². The first-order chi connectivity index (χ1) is 9.13. The van der Waals surface area contributed by atoms with Gasteiger partial charge in [-0.2, -0.15) is 0 Å². The lowest BCUT2D eigenvalue weighted by atomic mass is 10.1. The lowest BCUT2D eigenvalue weighted by Gasteiger charge is -2.28. The van der Waals surface area contributed by atoms with Crippen molar-refractivity contribution in [3.8, 4) is 0 Å². The summed E-state index contributed by atoms with van der Waals surface area (Å²) >= 11 is 5.92. The molecule has 2 rings (SSSR count). The van der Waals surface area contributed by atoms with Gasteiger partial charge in [-0.05, 0) is 12.8 Å². The van der Waals surface area contributed by atoms with Gasteiger partial charge in [0.15, 0.2) is 0 Å². The molecule has 1 fully saturated rings. The number of H-pyrrole nitrogens is 1. The summed E-state index contributed by atoms with van der Waals surface area (Å²) < 4.78 is 0. The molecule has 6 nitrogen and oxygen atoms in total. The number of likely N-dealkylation sites (tertiary alicyclic amines) is 1. The van der Waals surface area contributed by atoms with Gasteiger partial charge in [0.2, 0.25) is 0 Å². The van der Waals surface area contributed by atoms with E-state index in [2.05, 4.69) is 4.98 Å². The fourth-order valence-corrected chi connectivity index (χ4v) is 2.69. The molecule has 1 aromatic heterocycles. The van der Waals surface area contributed by atoms with E-state index >= 15 is 0 Å². The van der Waals surface area contributed by atoms with Crippen LogP contribution >= 0.6 is 11.6 Å². The number of hydrogen-bond donors (Lipinski definition) is 1. The van der Waals surface area contributed by atoms with Gasteiger partial charge in [0, 0.05) is 24.5 Å². The van der Waals surface area contributed by atoms with Gasteiger partial charge < -0.3 is 9.88 Å². The summed E-state index contributed by atoms with van der Waals surface area (Å²) in [4.78, 5) is 26.9. The van der Waals surface area contributed by atoms with Crippen molar-refractivity contribution in [3.05, 3.63) is 28.1 Å². The molecule has 0 spiro atoms. The molecule has 0 aromatic carbocycles. The summed E-state index contributed by atoms with van der Waals surface area (Å²) in [5, 5.41) is 10.6. The van der Waals surface area contributed by atoms with Crippen molar-refractivity contribution in [1.29, 1.82) is 0 Å². The number of nitro groups is 1. The van der Waals surface area contributed by atoms with E-state index in [1.54, 1.807) is 4.90 Å². The number of rotatable bonds is 3. The SMILES string of the molecule is O=C(c1cc([N+](=O)[O-])c[nH]1)N1CCCCCC1CCl. The van der Waals surface area contributed by atoms with E-state index in [0.717, 1.165) is 25.7 Å². The van der Waals surface area contributed by atoms with Crippen molar-refractivity contribution in [2.24, 2.45) is 0 Å². The zero-order valence-electron chi connectivity index (χ0n) is 10.5. The number of aromatic nitrogens is 1. The minimum atomic E-state index is -0.519. The molecule has 1 saturated heterocycles. The number of hydrogen-bond acceptors (Lipinski definition) is 3. The Morgan fingerprint density at radius 3 is 2.95 bits per heavy atom. The quantitative estimate of drug-likeness (QED) is 0.526. The topological polar surface area (TPSA) is 79.2 Å². The molecular weight excluding hydrogens is 270 g/mol. The number of carbonyl (C=O) groups is 1. The number of nitrogens with one attached hydrogen (secondary N) is 1. The molecule has 19 heavy (non-hydrogen) atoms. The van der Waals surface area contributed by atoms with Crippen LogP contribution in [0.1, 0.15) is 36.2 Å². The maximum Gasteiger partial charge on any atom is 0.287 e. The molecule has 104 valence electrons. The Balaban J connectivity index is 2.17. The van der Waals surface area contributed by atoms with Gasteiger partial charge in [0.05, 0.1) is 11.1 Å². The third kappa shape index (κ3) is 3.07. The summed E-state index contributed by atoms with van der Waals surface area (Å²) in [6, 6.07) is 1.29. The molecule has 1 aliphatic rings. The van der Waals surface area contributed by atoms with E-state index in [-0.39, 0.29) is 23.3 Å².